The lowest BCUT2D eigenvalue weighted by atomic mass is 10.1. The molecule has 30 heavy (non-hydrogen) atoms. The van der Waals surface area contributed by atoms with E-state index in [1.807, 2.05) is 0 Å². The molecular weight excluding hydrogens is 428 g/mol. The van der Waals surface area contributed by atoms with Crippen LogP contribution in [0.2, 0.25) is 0 Å². The molecule has 0 heterocycles. The van der Waals surface area contributed by atoms with Gasteiger partial charge in [-0.1, -0.05) is 12.1 Å². The van der Waals surface area contributed by atoms with Gasteiger partial charge in [-0.25, -0.2) is 8.42 Å². The monoisotopic (exact) mass is 440 g/mol. The molecular formula is C15H12N4O10S. The minimum absolute atomic E-state index is 0.244. The molecule has 0 unspecified atom stereocenters. The molecule has 14 nitrogen and oxygen atoms in total. The molecule has 2 aromatic carbocycles. The Bertz CT molecular complexity index is 1130. The molecule has 0 fully saturated rings. The Morgan fingerprint density at radius 2 is 1.47 bits per heavy atom. The van der Waals surface area contributed by atoms with Gasteiger partial charge in [-0.3, -0.25) is 35.1 Å². The fourth-order valence-electron chi connectivity index (χ4n) is 2.41. The van der Waals surface area contributed by atoms with Gasteiger partial charge in [0.1, 0.15) is 6.04 Å². The number of carboxylic acid groups (broad SMARTS) is 1. The van der Waals surface area contributed by atoms with Crippen molar-refractivity contribution in [3.05, 3.63) is 78.4 Å². The van der Waals surface area contributed by atoms with Crippen LogP contribution in [-0.4, -0.2) is 40.3 Å². The zero-order valence-corrected chi connectivity index (χ0v) is 15.5. The first-order valence-corrected chi connectivity index (χ1v) is 9.32. The van der Waals surface area contributed by atoms with Crippen LogP contribution in [0.4, 0.5) is 17.1 Å². The Kier molecular flexibility index (Phi) is 6.38. The summed E-state index contributed by atoms with van der Waals surface area (Å²) >= 11 is 0. The molecule has 1 atom stereocenters. The predicted octanol–water partition coefficient (Wildman–Crippen LogP) is 1.39. The molecule has 0 saturated carbocycles. The number of sulfonamides is 1. The van der Waals surface area contributed by atoms with Gasteiger partial charge in [-0.15, -0.1) is 0 Å². The second kappa shape index (κ2) is 8.58. The lowest BCUT2D eigenvalue weighted by Crippen LogP contribution is -2.42. The Balaban J connectivity index is 2.36. The predicted molar refractivity (Wildman–Crippen MR) is 98.3 cm³/mol. The van der Waals surface area contributed by atoms with Crippen LogP contribution < -0.4 is 4.72 Å². The summed E-state index contributed by atoms with van der Waals surface area (Å²) in [6.07, 6.45) is -0.423. The van der Waals surface area contributed by atoms with Crippen LogP contribution in [0.5, 0.6) is 0 Å². The van der Waals surface area contributed by atoms with E-state index >= 15 is 0 Å². The maximum atomic E-state index is 12.5. The van der Waals surface area contributed by atoms with Crippen molar-refractivity contribution < 1.29 is 33.1 Å². The summed E-state index contributed by atoms with van der Waals surface area (Å²) in [7, 11) is -4.77. The second-order valence-corrected chi connectivity index (χ2v) is 7.49. The number of nitro groups is 3. The van der Waals surface area contributed by atoms with Crippen molar-refractivity contribution in [1.82, 2.24) is 4.72 Å². The van der Waals surface area contributed by atoms with Gasteiger partial charge in [-0.05, 0) is 18.1 Å². The SMILES string of the molecule is O=C(O)[C@H](Cc1ccc([N+](=O)[O-])cc1)NS(=O)(=O)c1ccc([N+](=O)[O-])cc1[N+](=O)[O-]. The Labute approximate surface area is 167 Å². The van der Waals surface area contributed by atoms with Crippen molar-refractivity contribution in [1.29, 1.82) is 0 Å². The van der Waals surface area contributed by atoms with E-state index in [2.05, 4.69) is 0 Å². The van der Waals surface area contributed by atoms with Crippen molar-refractivity contribution in [3.8, 4) is 0 Å². The van der Waals surface area contributed by atoms with Crippen molar-refractivity contribution in [2.45, 2.75) is 17.4 Å². The minimum atomic E-state index is -4.77. The summed E-state index contributed by atoms with van der Waals surface area (Å²) in [6.45, 7) is 0. The summed E-state index contributed by atoms with van der Waals surface area (Å²) < 4.78 is 26.9. The first-order valence-electron chi connectivity index (χ1n) is 7.83. The van der Waals surface area contributed by atoms with Crippen molar-refractivity contribution in [3.63, 3.8) is 0 Å². The van der Waals surface area contributed by atoms with Gasteiger partial charge in [0.15, 0.2) is 4.90 Å². The summed E-state index contributed by atoms with van der Waals surface area (Å²) in [5, 5.41) is 41.9. The average Bonchev–Trinajstić information content (AvgIpc) is 2.67. The number of carbonyl (C=O) groups is 1. The first kappa shape index (κ1) is 22.3. The van der Waals surface area contributed by atoms with Crippen LogP contribution in [0.15, 0.2) is 47.4 Å². The summed E-state index contributed by atoms with van der Waals surface area (Å²) in [4.78, 5) is 40.4. The smallest absolute Gasteiger partial charge is 0.322 e. The number of hydrogen-bond donors (Lipinski definition) is 2. The average molecular weight is 440 g/mol. The molecule has 2 rings (SSSR count). The number of hydrogen-bond acceptors (Lipinski definition) is 9. The zero-order valence-electron chi connectivity index (χ0n) is 14.7. The van der Waals surface area contributed by atoms with Crippen molar-refractivity contribution in [2.24, 2.45) is 0 Å². The summed E-state index contributed by atoms with van der Waals surface area (Å²) in [6, 6.07) is 4.70. The number of aliphatic carboxylic acids is 1. The van der Waals surface area contributed by atoms with Gasteiger partial charge in [0.05, 0.1) is 20.8 Å². The highest BCUT2D eigenvalue weighted by atomic mass is 32.2. The number of non-ortho nitro benzene ring substituents is 2. The second-order valence-electron chi connectivity index (χ2n) is 5.81. The molecule has 0 spiro atoms. The molecule has 2 N–H and O–H groups in total. The molecule has 0 bridgehead atoms. The van der Waals surface area contributed by atoms with Gasteiger partial charge in [-0.2, -0.15) is 4.72 Å². The number of rotatable bonds is 9. The van der Waals surface area contributed by atoms with E-state index in [0.717, 1.165) is 18.2 Å². The Morgan fingerprint density at radius 1 is 0.933 bits per heavy atom. The third kappa shape index (κ3) is 5.09. The fourth-order valence-corrected chi connectivity index (χ4v) is 3.75. The zero-order chi connectivity index (χ0) is 22.6. The van der Waals surface area contributed by atoms with Crippen LogP contribution >= 0.6 is 0 Å². The third-order valence-corrected chi connectivity index (χ3v) is 5.34. The lowest BCUT2D eigenvalue weighted by Gasteiger charge is -2.15. The third-order valence-electron chi connectivity index (χ3n) is 3.82. The van der Waals surface area contributed by atoms with Crippen LogP contribution in [0.1, 0.15) is 5.56 Å². The maximum Gasteiger partial charge on any atom is 0.322 e. The van der Waals surface area contributed by atoms with Crippen LogP contribution in [0.3, 0.4) is 0 Å². The van der Waals surface area contributed by atoms with E-state index in [9.17, 15) is 48.7 Å². The lowest BCUT2D eigenvalue weighted by molar-refractivity contribution is -0.396. The molecule has 0 aliphatic rings. The molecule has 0 aromatic heterocycles. The highest BCUT2D eigenvalue weighted by molar-refractivity contribution is 7.89. The molecule has 0 amide bonds. The van der Waals surface area contributed by atoms with Crippen LogP contribution in [0.25, 0.3) is 0 Å². The fraction of sp³-hybridized carbons (Fsp3) is 0.133. The van der Waals surface area contributed by atoms with Crippen molar-refractivity contribution in [2.75, 3.05) is 0 Å². The molecule has 158 valence electrons. The Hall–Kier alpha value is -3.98. The highest BCUT2D eigenvalue weighted by Crippen LogP contribution is 2.28. The van der Waals surface area contributed by atoms with Gasteiger partial charge in [0.25, 0.3) is 17.1 Å². The van der Waals surface area contributed by atoms with E-state index in [0.29, 0.717) is 12.1 Å². The molecule has 0 aliphatic heterocycles. The Morgan fingerprint density at radius 3 is 1.93 bits per heavy atom. The van der Waals surface area contributed by atoms with Gasteiger partial charge < -0.3 is 5.11 Å². The number of benzene rings is 2. The van der Waals surface area contributed by atoms with Gasteiger partial charge in [0, 0.05) is 18.2 Å². The number of nitro benzene ring substituents is 3. The molecule has 0 aliphatic carbocycles. The quantitative estimate of drug-likeness (QED) is 0.422. The summed E-state index contributed by atoms with van der Waals surface area (Å²) in [5.74, 6) is -1.61. The maximum absolute atomic E-state index is 12.5. The number of nitrogens with one attached hydrogen (secondary N) is 1. The van der Waals surface area contributed by atoms with Crippen LogP contribution in [-0.2, 0) is 21.2 Å². The topological polar surface area (TPSA) is 213 Å². The van der Waals surface area contributed by atoms with Crippen molar-refractivity contribution >= 4 is 33.1 Å². The van der Waals surface area contributed by atoms with E-state index < -0.39 is 59.5 Å². The minimum Gasteiger partial charge on any atom is -0.480 e. The van der Waals surface area contributed by atoms with Gasteiger partial charge in [0.2, 0.25) is 10.0 Å². The van der Waals surface area contributed by atoms with E-state index in [1.165, 1.54) is 12.1 Å². The molecule has 0 radical (unpaired) electrons. The van der Waals surface area contributed by atoms with E-state index in [4.69, 9.17) is 0 Å². The van der Waals surface area contributed by atoms with E-state index in [-0.39, 0.29) is 11.3 Å². The number of carboxylic acids is 1. The van der Waals surface area contributed by atoms with E-state index in [1.54, 1.807) is 4.72 Å². The molecule has 2 aromatic rings. The molecule has 0 saturated heterocycles. The number of nitrogens with zero attached hydrogens (tertiary/aromatic N) is 3. The van der Waals surface area contributed by atoms with Gasteiger partial charge >= 0.3 is 5.97 Å². The summed E-state index contributed by atoms with van der Waals surface area (Å²) in [5.41, 5.74) is -1.83. The van der Waals surface area contributed by atoms with Crippen LogP contribution in [0, 0.1) is 30.3 Å². The first-order chi connectivity index (χ1) is 13.9. The molecule has 15 heteroatoms. The standard InChI is InChI=1S/C15H12N4O10S/c20-15(21)12(7-9-1-3-10(4-2-9)17(22)23)16-30(28,29)14-6-5-11(18(24)25)8-13(14)19(26)27/h1-6,8,12,16H,7H2,(H,20,21)/t12-/m0/s1. The largest absolute Gasteiger partial charge is 0.480 e. The normalized spacial score (nSPS) is 12.1. The highest BCUT2D eigenvalue weighted by Gasteiger charge is 2.32.